The van der Waals surface area contributed by atoms with Crippen LogP contribution in [0.15, 0.2) is 64.2 Å². The molecule has 26 heavy (non-hydrogen) atoms. The van der Waals surface area contributed by atoms with Crippen molar-refractivity contribution in [2.75, 3.05) is 5.75 Å². The first-order valence-electron chi connectivity index (χ1n) is 8.30. The zero-order valence-electron chi connectivity index (χ0n) is 14.4. The van der Waals surface area contributed by atoms with E-state index < -0.39 is 0 Å². The van der Waals surface area contributed by atoms with E-state index in [9.17, 15) is 4.79 Å². The Hall–Kier alpha value is -2.12. The fourth-order valence-corrected chi connectivity index (χ4v) is 3.57. The topological polar surface area (TPSA) is 59.8 Å². The maximum Gasteiger partial charge on any atom is 0.230 e. The van der Waals surface area contributed by atoms with Crippen molar-refractivity contribution >= 4 is 33.6 Å². The van der Waals surface area contributed by atoms with E-state index in [2.05, 4.69) is 31.4 Å². The van der Waals surface area contributed by atoms with E-state index in [0.29, 0.717) is 12.3 Å². The van der Waals surface area contributed by atoms with Gasteiger partial charge in [0.15, 0.2) is 11.0 Å². The fourth-order valence-electron chi connectivity index (χ4n) is 2.47. The van der Waals surface area contributed by atoms with Crippen LogP contribution >= 0.6 is 27.7 Å². The summed E-state index contributed by atoms with van der Waals surface area (Å²) in [5.41, 5.74) is 2.09. The molecule has 0 aliphatic heterocycles. The highest BCUT2D eigenvalue weighted by molar-refractivity contribution is 9.10. The summed E-state index contributed by atoms with van der Waals surface area (Å²) in [6, 6.07) is 17.8. The van der Waals surface area contributed by atoms with Crippen LogP contribution in [0, 0.1) is 0 Å². The molecule has 0 aliphatic carbocycles. The van der Waals surface area contributed by atoms with E-state index in [1.54, 1.807) is 0 Å². The lowest BCUT2D eigenvalue weighted by molar-refractivity contribution is -0.118. The first-order valence-corrected chi connectivity index (χ1v) is 10.1. The van der Waals surface area contributed by atoms with Crippen molar-refractivity contribution in [2.24, 2.45) is 0 Å². The van der Waals surface area contributed by atoms with Gasteiger partial charge in [0.25, 0.3) is 0 Å². The van der Waals surface area contributed by atoms with Gasteiger partial charge in [-0.25, -0.2) is 0 Å². The Balaban J connectivity index is 1.61. The maximum absolute atomic E-state index is 12.1. The highest BCUT2D eigenvalue weighted by atomic mass is 79.9. The molecule has 0 saturated carbocycles. The predicted octanol–water partition coefficient (Wildman–Crippen LogP) is 4.14. The molecule has 0 bridgehead atoms. The second-order valence-electron chi connectivity index (χ2n) is 5.61. The van der Waals surface area contributed by atoms with Crippen LogP contribution < -0.4 is 5.32 Å². The predicted molar refractivity (Wildman–Crippen MR) is 108 cm³/mol. The Morgan fingerprint density at radius 1 is 1.12 bits per heavy atom. The molecular formula is C19H19BrN4OS. The molecule has 5 nitrogen and oxygen atoms in total. The van der Waals surface area contributed by atoms with Crippen LogP contribution in [0.1, 0.15) is 12.5 Å². The van der Waals surface area contributed by atoms with Crippen LogP contribution in [-0.4, -0.2) is 26.4 Å². The molecule has 1 aromatic heterocycles. The molecule has 3 aromatic rings. The Bertz CT molecular complexity index is 865. The lowest BCUT2D eigenvalue weighted by Crippen LogP contribution is -2.24. The van der Waals surface area contributed by atoms with Gasteiger partial charge in [-0.15, -0.1) is 10.2 Å². The molecule has 1 amide bonds. The number of hydrogen-bond donors (Lipinski definition) is 1. The molecule has 0 aliphatic rings. The van der Waals surface area contributed by atoms with Gasteiger partial charge in [-0.1, -0.05) is 70.2 Å². The second-order valence-corrected chi connectivity index (χ2v) is 7.47. The number of thioether (sulfide) groups is 1. The highest BCUT2D eigenvalue weighted by Gasteiger charge is 2.14. The number of carbonyl (C=O) groups excluding carboxylic acids is 1. The fraction of sp³-hybridized carbons (Fsp3) is 0.211. The minimum Gasteiger partial charge on any atom is -0.351 e. The molecule has 0 spiro atoms. The molecule has 0 unspecified atom stereocenters. The number of rotatable bonds is 7. The quantitative estimate of drug-likeness (QED) is 0.572. The van der Waals surface area contributed by atoms with Gasteiger partial charge in [0, 0.05) is 23.1 Å². The Morgan fingerprint density at radius 2 is 1.85 bits per heavy atom. The van der Waals surface area contributed by atoms with Crippen molar-refractivity contribution in [3.63, 3.8) is 0 Å². The third kappa shape index (κ3) is 4.74. The second kappa shape index (κ2) is 9.00. The van der Waals surface area contributed by atoms with E-state index >= 15 is 0 Å². The van der Waals surface area contributed by atoms with Gasteiger partial charge in [0.05, 0.1) is 5.75 Å². The van der Waals surface area contributed by atoms with E-state index in [1.807, 2.05) is 66.1 Å². The van der Waals surface area contributed by atoms with Crippen LogP contribution in [-0.2, 0) is 17.9 Å². The summed E-state index contributed by atoms with van der Waals surface area (Å²) in [5, 5.41) is 12.2. The molecule has 1 N–H and O–H groups in total. The number of amides is 1. The van der Waals surface area contributed by atoms with Gasteiger partial charge < -0.3 is 9.88 Å². The number of benzene rings is 2. The van der Waals surface area contributed by atoms with Gasteiger partial charge in [-0.2, -0.15) is 0 Å². The minimum absolute atomic E-state index is 0.0188. The van der Waals surface area contributed by atoms with Gasteiger partial charge in [0.1, 0.15) is 0 Å². The molecule has 2 aromatic carbocycles. The zero-order valence-corrected chi connectivity index (χ0v) is 16.8. The van der Waals surface area contributed by atoms with Gasteiger partial charge in [-0.3, -0.25) is 4.79 Å². The molecule has 0 atom stereocenters. The Labute approximate surface area is 165 Å². The van der Waals surface area contributed by atoms with Crippen molar-refractivity contribution in [3.05, 3.63) is 64.6 Å². The van der Waals surface area contributed by atoms with Gasteiger partial charge in [-0.05, 0) is 24.6 Å². The normalized spacial score (nSPS) is 10.7. The van der Waals surface area contributed by atoms with Crippen LogP contribution in [0.3, 0.4) is 0 Å². The Kier molecular flexibility index (Phi) is 6.46. The molecule has 0 fully saturated rings. The third-order valence-electron chi connectivity index (χ3n) is 3.80. The summed E-state index contributed by atoms with van der Waals surface area (Å²) in [7, 11) is 0. The van der Waals surface area contributed by atoms with Crippen molar-refractivity contribution in [3.8, 4) is 11.4 Å². The van der Waals surface area contributed by atoms with E-state index in [0.717, 1.165) is 33.1 Å². The van der Waals surface area contributed by atoms with E-state index in [4.69, 9.17) is 0 Å². The number of halogens is 1. The number of nitrogens with zero attached hydrogens (tertiary/aromatic N) is 3. The number of hydrogen-bond acceptors (Lipinski definition) is 4. The minimum atomic E-state index is -0.0188. The average Bonchev–Trinajstić information content (AvgIpc) is 3.09. The van der Waals surface area contributed by atoms with Crippen LogP contribution in [0.4, 0.5) is 0 Å². The third-order valence-corrected chi connectivity index (χ3v) is 5.30. The SMILES string of the molecule is CCn1c(SCC(=O)NCc2ccccc2)nnc1-c1ccc(Br)cc1. The summed E-state index contributed by atoms with van der Waals surface area (Å²) >= 11 is 4.84. The average molecular weight is 431 g/mol. The molecular weight excluding hydrogens is 412 g/mol. The van der Waals surface area contributed by atoms with Crippen molar-refractivity contribution in [1.82, 2.24) is 20.1 Å². The summed E-state index contributed by atoms with van der Waals surface area (Å²) in [6.07, 6.45) is 0. The van der Waals surface area contributed by atoms with Gasteiger partial charge in [0.2, 0.25) is 5.91 Å². The maximum atomic E-state index is 12.1. The monoisotopic (exact) mass is 430 g/mol. The first kappa shape index (κ1) is 18.7. The standard InChI is InChI=1S/C19H19BrN4OS/c1-2-24-18(15-8-10-16(20)11-9-15)22-23-19(24)26-13-17(25)21-12-14-6-4-3-5-7-14/h3-11H,2,12-13H2,1H3,(H,21,25). The highest BCUT2D eigenvalue weighted by Crippen LogP contribution is 2.25. The Morgan fingerprint density at radius 3 is 2.54 bits per heavy atom. The lowest BCUT2D eigenvalue weighted by Gasteiger charge is -2.08. The van der Waals surface area contributed by atoms with E-state index in [-0.39, 0.29) is 5.91 Å². The van der Waals surface area contributed by atoms with Crippen molar-refractivity contribution in [2.45, 2.75) is 25.2 Å². The molecule has 7 heteroatoms. The molecule has 134 valence electrons. The summed E-state index contributed by atoms with van der Waals surface area (Å²) in [4.78, 5) is 12.1. The van der Waals surface area contributed by atoms with Crippen LogP contribution in [0.2, 0.25) is 0 Å². The molecule has 0 saturated heterocycles. The smallest absolute Gasteiger partial charge is 0.230 e. The summed E-state index contributed by atoms with van der Waals surface area (Å²) in [6.45, 7) is 3.32. The van der Waals surface area contributed by atoms with Gasteiger partial charge >= 0.3 is 0 Å². The first-order chi connectivity index (χ1) is 12.7. The van der Waals surface area contributed by atoms with Crippen molar-refractivity contribution < 1.29 is 4.79 Å². The lowest BCUT2D eigenvalue weighted by atomic mass is 10.2. The van der Waals surface area contributed by atoms with Crippen LogP contribution in [0.5, 0.6) is 0 Å². The number of nitrogens with one attached hydrogen (secondary N) is 1. The van der Waals surface area contributed by atoms with Crippen LogP contribution in [0.25, 0.3) is 11.4 Å². The number of aromatic nitrogens is 3. The summed E-state index contributed by atoms with van der Waals surface area (Å²) in [5.74, 6) is 1.10. The molecule has 1 heterocycles. The van der Waals surface area contributed by atoms with Crippen molar-refractivity contribution in [1.29, 1.82) is 0 Å². The van der Waals surface area contributed by atoms with E-state index in [1.165, 1.54) is 11.8 Å². The number of carbonyl (C=O) groups is 1. The molecule has 3 rings (SSSR count). The molecule has 0 radical (unpaired) electrons. The summed E-state index contributed by atoms with van der Waals surface area (Å²) < 4.78 is 3.05. The largest absolute Gasteiger partial charge is 0.351 e. The zero-order chi connectivity index (χ0) is 18.4.